The van der Waals surface area contributed by atoms with Crippen LogP contribution in [0, 0.1) is 0 Å². The van der Waals surface area contributed by atoms with Gasteiger partial charge in [0, 0.05) is 0 Å². The molecule has 0 aliphatic heterocycles. The molecule has 0 heterocycles. The topological polar surface area (TPSA) is 49.7 Å². The summed E-state index contributed by atoms with van der Waals surface area (Å²) >= 11 is 0. The van der Waals surface area contributed by atoms with Gasteiger partial charge in [0.05, 0.1) is 6.61 Å². The molecule has 0 atom stereocenters. The van der Waals surface area contributed by atoms with Gasteiger partial charge in [-0.25, -0.2) is 0 Å². The minimum absolute atomic E-state index is 0.480. The second kappa shape index (κ2) is 12.2. The molecule has 26 heavy (non-hydrogen) atoms. The molecule has 0 amide bonds. The van der Waals surface area contributed by atoms with Crippen molar-refractivity contribution >= 4 is 8.60 Å². The summed E-state index contributed by atoms with van der Waals surface area (Å²) in [6.45, 7) is 2.70. The molecule has 0 spiro atoms. The predicted octanol–water partition coefficient (Wildman–Crippen LogP) is 6.69. The zero-order valence-corrected chi connectivity index (χ0v) is 16.6. The summed E-state index contributed by atoms with van der Waals surface area (Å²) in [4.78, 5) is 16.9. The molecular weight excluding hydrogens is 343 g/mol. The van der Waals surface area contributed by atoms with Crippen LogP contribution in [0.3, 0.4) is 0 Å². The van der Waals surface area contributed by atoms with E-state index in [1.54, 1.807) is 0 Å². The predicted molar refractivity (Wildman–Crippen MR) is 111 cm³/mol. The highest BCUT2D eigenvalue weighted by atomic mass is 31.2. The second-order valence-electron chi connectivity index (χ2n) is 6.65. The summed E-state index contributed by atoms with van der Waals surface area (Å²) in [6.07, 6.45) is 9.94. The van der Waals surface area contributed by atoms with Crippen LogP contribution in [-0.2, 0) is 4.52 Å². The van der Waals surface area contributed by atoms with Crippen molar-refractivity contribution in [2.45, 2.75) is 58.3 Å². The molecule has 0 bridgehead atoms. The van der Waals surface area contributed by atoms with E-state index in [4.69, 9.17) is 9.79 Å². The van der Waals surface area contributed by atoms with Crippen LogP contribution in [0.25, 0.3) is 22.3 Å². The fraction of sp³-hybridized carbons (Fsp3) is 0.455. The van der Waals surface area contributed by atoms with Crippen molar-refractivity contribution in [1.82, 2.24) is 0 Å². The number of benzene rings is 2. The van der Waals surface area contributed by atoms with E-state index in [9.17, 15) is 0 Å². The first-order valence-corrected chi connectivity index (χ1v) is 10.9. The number of rotatable bonds is 10. The van der Waals surface area contributed by atoms with Gasteiger partial charge in [-0.2, -0.15) is 0 Å². The molecule has 1 aliphatic carbocycles. The molecule has 1 aliphatic rings. The van der Waals surface area contributed by atoms with Crippen molar-refractivity contribution in [2.24, 2.45) is 0 Å². The van der Waals surface area contributed by atoms with Gasteiger partial charge in [-0.15, -0.1) is 0 Å². The Labute approximate surface area is 159 Å². The summed E-state index contributed by atoms with van der Waals surface area (Å²) in [7, 11) is -2.13. The maximum Gasteiger partial charge on any atom is 0.327 e. The number of hydrogen-bond acceptors (Lipinski definition) is 3. The lowest BCUT2D eigenvalue weighted by Gasteiger charge is -2.22. The highest BCUT2D eigenvalue weighted by Crippen LogP contribution is 2.46. The molecule has 0 fully saturated rings. The minimum Gasteiger partial charge on any atom is -0.328 e. The van der Waals surface area contributed by atoms with Crippen LogP contribution in [0.2, 0.25) is 0 Å². The summed E-state index contributed by atoms with van der Waals surface area (Å²) in [5.74, 6) is 0. The van der Waals surface area contributed by atoms with Gasteiger partial charge in [0.1, 0.15) is 0 Å². The average Bonchev–Trinajstić information content (AvgIpc) is 2.65. The van der Waals surface area contributed by atoms with Gasteiger partial charge in [0.15, 0.2) is 0 Å². The first kappa shape index (κ1) is 21.1. The van der Waals surface area contributed by atoms with Crippen LogP contribution >= 0.6 is 8.60 Å². The maximum absolute atomic E-state index is 8.45. The Bertz CT molecular complexity index is 543. The highest BCUT2D eigenvalue weighted by Gasteiger charge is 2.19. The molecule has 0 radical (unpaired) electrons. The molecule has 142 valence electrons. The third-order valence-corrected chi connectivity index (χ3v) is 5.05. The third-order valence-electron chi connectivity index (χ3n) is 4.64. The van der Waals surface area contributed by atoms with Crippen molar-refractivity contribution in [3.05, 3.63) is 48.5 Å². The Morgan fingerprint density at radius 3 is 1.42 bits per heavy atom. The van der Waals surface area contributed by atoms with Gasteiger partial charge in [-0.1, -0.05) is 100 Å². The third kappa shape index (κ3) is 6.81. The lowest BCUT2D eigenvalue weighted by Crippen LogP contribution is -1.96. The van der Waals surface area contributed by atoms with E-state index in [1.165, 1.54) is 60.8 Å². The number of unbranched alkanes of at least 4 members (excludes halogenated alkanes) is 7. The molecule has 2 aromatic carbocycles. The Balaban J connectivity index is 0.000000187. The summed E-state index contributed by atoms with van der Waals surface area (Å²) in [6, 6.07) is 17.1. The zero-order chi connectivity index (χ0) is 18.6. The van der Waals surface area contributed by atoms with E-state index in [-0.39, 0.29) is 0 Å². The average molecular weight is 374 g/mol. The maximum atomic E-state index is 8.45. The van der Waals surface area contributed by atoms with Crippen molar-refractivity contribution < 1.29 is 14.3 Å². The van der Waals surface area contributed by atoms with Crippen LogP contribution in [0.1, 0.15) is 58.3 Å². The fourth-order valence-corrected chi connectivity index (χ4v) is 3.52. The van der Waals surface area contributed by atoms with E-state index in [0.717, 1.165) is 12.8 Å². The normalized spacial score (nSPS) is 11.2. The van der Waals surface area contributed by atoms with Crippen LogP contribution < -0.4 is 0 Å². The van der Waals surface area contributed by atoms with E-state index < -0.39 is 8.60 Å². The minimum atomic E-state index is -2.13. The smallest absolute Gasteiger partial charge is 0.327 e. The Morgan fingerprint density at radius 2 is 1.04 bits per heavy atom. The van der Waals surface area contributed by atoms with E-state index in [1.807, 2.05) is 0 Å². The fourth-order valence-electron chi connectivity index (χ4n) is 3.23. The first-order chi connectivity index (χ1) is 12.7. The van der Waals surface area contributed by atoms with Crippen molar-refractivity contribution in [3.8, 4) is 22.3 Å². The van der Waals surface area contributed by atoms with Crippen molar-refractivity contribution in [3.63, 3.8) is 0 Å². The number of fused-ring (bicyclic) bond motifs is 4. The quantitative estimate of drug-likeness (QED) is 0.307. The Hall–Kier alpha value is -1.25. The largest absolute Gasteiger partial charge is 0.328 e. The van der Waals surface area contributed by atoms with Gasteiger partial charge in [-0.05, 0) is 28.7 Å². The van der Waals surface area contributed by atoms with Gasteiger partial charge in [-0.3, -0.25) is 0 Å². The highest BCUT2D eigenvalue weighted by molar-refractivity contribution is 7.39. The van der Waals surface area contributed by atoms with Crippen molar-refractivity contribution in [2.75, 3.05) is 6.61 Å². The SMILES string of the molecule is CCCCCCCCCCOP(O)O.c1ccc2c(c1)-c1ccccc1-2. The van der Waals surface area contributed by atoms with Crippen LogP contribution in [0.4, 0.5) is 0 Å². The second-order valence-corrected chi connectivity index (χ2v) is 7.42. The molecular formula is C22H31O3P. The lowest BCUT2D eigenvalue weighted by atomic mass is 9.81. The Morgan fingerprint density at radius 1 is 0.654 bits per heavy atom. The molecule has 0 saturated heterocycles. The van der Waals surface area contributed by atoms with Gasteiger partial charge in [0.2, 0.25) is 0 Å². The molecule has 2 aromatic rings. The van der Waals surface area contributed by atoms with Crippen LogP contribution in [0.15, 0.2) is 48.5 Å². The summed E-state index contributed by atoms with van der Waals surface area (Å²) < 4.78 is 4.66. The first-order valence-electron chi connectivity index (χ1n) is 9.73. The zero-order valence-electron chi connectivity index (χ0n) is 15.7. The molecule has 4 heteroatoms. The summed E-state index contributed by atoms with van der Waals surface area (Å²) in [5, 5.41) is 0. The molecule has 3 rings (SSSR count). The van der Waals surface area contributed by atoms with Gasteiger partial charge >= 0.3 is 8.60 Å². The Kier molecular flexibility index (Phi) is 9.87. The van der Waals surface area contributed by atoms with E-state index >= 15 is 0 Å². The number of hydrogen-bond donors (Lipinski definition) is 2. The molecule has 3 nitrogen and oxygen atoms in total. The van der Waals surface area contributed by atoms with Crippen LogP contribution in [-0.4, -0.2) is 16.4 Å². The van der Waals surface area contributed by atoms with E-state index in [2.05, 4.69) is 60.0 Å². The summed E-state index contributed by atoms with van der Waals surface area (Å²) in [5.41, 5.74) is 5.59. The van der Waals surface area contributed by atoms with Gasteiger partial charge in [0.25, 0.3) is 0 Å². The molecule has 2 N–H and O–H groups in total. The molecule has 0 saturated carbocycles. The van der Waals surface area contributed by atoms with Crippen molar-refractivity contribution in [1.29, 1.82) is 0 Å². The molecule has 0 aromatic heterocycles. The standard InChI is InChI=1S/C12H8.C10H23O3P/c1-2-6-10-9(5-1)11-7-3-4-8-12(10)11;1-2-3-4-5-6-7-8-9-10-13-14(11)12/h1-8H;11-12H,2-10H2,1H3. The van der Waals surface area contributed by atoms with Crippen LogP contribution in [0.5, 0.6) is 0 Å². The monoisotopic (exact) mass is 374 g/mol. The lowest BCUT2D eigenvalue weighted by molar-refractivity contribution is 0.248. The molecule has 0 unspecified atom stereocenters. The van der Waals surface area contributed by atoms with Gasteiger partial charge < -0.3 is 14.3 Å². The van der Waals surface area contributed by atoms with E-state index in [0.29, 0.717) is 6.61 Å².